The van der Waals surface area contributed by atoms with E-state index in [9.17, 15) is 8.42 Å². The van der Waals surface area contributed by atoms with Crippen LogP contribution in [-0.2, 0) is 34.2 Å². The fourth-order valence-electron chi connectivity index (χ4n) is 3.51. The lowest BCUT2D eigenvalue weighted by molar-refractivity contribution is -0.0295. The third-order valence-corrected chi connectivity index (χ3v) is 6.93. The Bertz CT molecular complexity index is 842. The maximum atomic E-state index is 12.8. The summed E-state index contributed by atoms with van der Waals surface area (Å²) in [6.45, 7) is 1.40. The third-order valence-electron chi connectivity index (χ3n) is 5.10. The Balaban J connectivity index is 1.38. The Morgan fingerprint density at radius 2 is 1.68 bits per heavy atom. The van der Waals surface area contributed by atoms with Gasteiger partial charge < -0.3 is 4.74 Å². The number of sulfonamides is 1. The Morgan fingerprint density at radius 3 is 2.44 bits per heavy atom. The maximum Gasteiger partial charge on any atom is 0.243 e. The first-order valence-corrected chi connectivity index (χ1v) is 10.3. The smallest absolute Gasteiger partial charge is 0.243 e. The number of fused-ring (bicyclic) bond motifs is 1. The van der Waals surface area contributed by atoms with Crippen molar-refractivity contribution in [2.75, 3.05) is 13.1 Å². The predicted octanol–water partition coefficient (Wildman–Crippen LogP) is 3.16. The molecule has 4 rings (SSSR count). The van der Waals surface area contributed by atoms with E-state index >= 15 is 0 Å². The third kappa shape index (κ3) is 3.50. The van der Waals surface area contributed by atoms with Gasteiger partial charge in [0.05, 0.1) is 17.6 Å². The molecule has 0 bridgehead atoms. The number of benzene rings is 2. The normalized spacial score (nSPS) is 18.6. The lowest BCUT2D eigenvalue weighted by Gasteiger charge is -2.37. The van der Waals surface area contributed by atoms with Gasteiger partial charge in [0.25, 0.3) is 0 Å². The Kier molecular flexibility index (Phi) is 4.63. The monoisotopic (exact) mass is 357 g/mol. The second-order valence-corrected chi connectivity index (χ2v) is 8.82. The molecule has 2 aromatic rings. The number of aryl methyl sites for hydroxylation is 2. The van der Waals surface area contributed by atoms with Gasteiger partial charge in [-0.3, -0.25) is 0 Å². The van der Waals surface area contributed by atoms with Gasteiger partial charge in [-0.1, -0.05) is 36.4 Å². The van der Waals surface area contributed by atoms with Gasteiger partial charge in [0.1, 0.15) is 0 Å². The Labute approximate surface area is 149 Å². The average molecular weight is 357 g/mol. The van der Waals surface area contributed by atoms with Crippen molar-refractivity contribution in [1.29, 1.82) is 0 Å². The van der Waals surface area contributed by atoms with Crippen LogP contribution in [0.4, 0.5) is 0 Å². The molecule has 0 saturated carbocycles. The highest BCUT2D eigenvalue weighted by Crippen LogP contribution is 2.28. The minimum Gasteiger partial charge on any atom is -0.371 e. The van der Waals surface area contributed by atoms with Gasteiger partial charge in [0.15, 0.2) is 0 Å². The molecule has 1 heterocycles. The van der Waals surface area contributed by atoms with E-state index in [1.807, 2.05) is 42.5 Å². The van der Waals surface area contributed by atoms with Crippen LogP contribution in [0.15, 0.2) is 53.4 Å². The molecule has 2 aliphatic rings. The fraction of sp³-hybridized carbons (Fsp3) is 0.400. The van der Waals surface area contributed by atoms with Crippen LogP contribution in [-0.4, -0.2) is 31.9 Å². The van der Waals surface area contributed by atoms with E-state index < -0.39 is 10.0 Å². The van der Waals surface area contributed by atoms with Crippen LogP contribution in [0.25, 0.3) is 0 Å². The number of hydrogen-bond donors (Lipinski definition) is 0. The van der Waals surface area contributed by atoms with Crippen molar-refractivity contribution in [3.63, 3.8) is 0 Å². The van der Waals surface area contributed by atoms with Crippen LogP contribution in [0.2, 0.25) is 0 Å². The molecule has 0 N–H and O–H groups in total. The highest BCUT2D eigenvalue weighted by atomic mass is 32.2. The Morgan fingerprint density at radius 1 is 0.960 bits per heavy atom. The highest BCUT2D eigenvalue weighted by molar-refractivity contribution is 7.89. The van der Waals surface area contributed by atoms with E-state index in [0.717, 1.165) is 24.8 Å². The second-order valence-electron chi connectivity index (χ2n) is 6.88. The van der Waals surface area contributed by atoms with Gasteiger partial charge in [-0.25, -0.2) is 8.42 Å². The highest BCUT2D eigenvalue weighted by Gasteiger charge is 2.37. The quantitative estimate of drug-likeness (QED) is 0.826. The minimum absolute atomic E-state index is 0.0207. The van der Waals surface area contributed by atoms with Crippen molar-refractivity contribution in [2.45, 2.75) is 43.3 Å². The summed E-state index contributed by atoms with van der Waals surface area (Å²) in [5.41, 5.74) is 3.61. The van der Waals surface area contributed by atoms with Crippen LogP contribution in [0.5, 0.6) is 0 Å². The second kappa shape index (κ2) is 6.90. The van der Waals surface area contributed by atoms with Crippen molar-refractivity contribution < 1.29 is 13.2 Å². The van der Waals surface area contributed by atoms with E-state index in [0.29, 0.717) is 24.6 Å². The summed E-state index contributed by atoms with van der Waals surface area (Å²) in [5, 5.41) is 0. The van der Waals surface area contributed by atoms with Crippen molar-refractivity contribution in [2.24, 2.45) is 0 Å². The SMILES string of the molecule is O=S(=O)(c1ccc2c(c1)CCCC2)N1CC(OCc2ccccc2)C1. The van der Waals surface area contributed by atoms with Crippen molar-refractivity contribution in [3.8, 4) is 0 Å². The molecule has 0 amide bonds. The van der Waals surface area contributed by atoms with E-state index in [1.54, 1.807) is 6.07 Å². The standard InChI is InChI=1S/C20H23NO3S/c22-25(23,20-11-10-17-8-4-5-9-18(17)12-20)21-13-19(14-21)24-15-16-6-2-1-3-7-16/h1-3,6-7,10-12,19H,4-5,8-9,13-15H2. The van der Waals surface area contributed by atoms with Crippen LogP contribution in [0.1, 0.15) is 29.5 Å². The molecule has 0 spiro atoms. The molecule has 4 nitrogen and oxygen atoms in total. The van der Waals surface area contributed by atoms with Gasteiger partial charge in [0.2, 0.25) is 10.0 Å². The zero-order valence-corrected chi connectivity index (χ0v) is 15.0. The summed E-state index contributed by atoms with van der Waals surface area (Å²) in [6, 6.07) is 15.6. The summed E-state index contributed by atoms with van der Waals surface area (Å²) in [6.07, 6.45) is 4.38. The van der Waals surface area contributed by atoms with Crippen molar-refractivity contribution in [1.82, 2.24) is 4.31 Å². The zero-order valence-electron chi connectivity index (χ0n) is 14.2. The first-order chi connectivity index (χ1) is 12.1. The molecule has 1 aliphatic carbocycles. The van der Waals surface area contributed by atoms with E-state index in [4.69, 9.17) is 4.74 Å². The molecule has 1 fully saturated rings. The van der Waals surface area contributed by atoms with Gasteiger partial charge in [-0.05, 0) is 54.5 Å². The summed E-state index contributed by atoms with van der Waals surface area (Å²) in [4.78, 5) is 0.426. The molecule has 132 valence electrons. The molecular weight excluding hydrogens is 334 g/mol. The largest absolute Gasteiger partial charge is 0.371 e. The lowest BCUT2D eigenvalue weighted by Crippen LogP contribution is -2.54. The van der Waals surface area contributed by atoms with E-state index in [2.05, 4.69) is 0 Å². The van der Waals surface area contributed by atoms with Crippen LogP contribution < -0.4 is 0 Å². The number of ether oxygens (including phenoxy) is 1. The molecule has 0 aromatic heterocycles. The summed E-state index contributed by atoms with van der Waals surface area (Å²) >= 11 is 0. The van der Waals surface area contributed by atoms with Gasteiger partial charge >= 0.3 is 0 Å². The van der Waals surface area contributed by atoms with Crippen molar-refractivity contribution in [3.05, 3.63) is 65.2 Å². The maximum absolute atomic E-state index is 12.8. The number of nitrogens with zero attached hydrogens (tertiary/aromatic N) is 1. The van der Waals surface area contributed by atoms with Crippen LogP contribution in [0.3, 0.4) is 0 Å². The molecule has 5 heteroatoms. The van der Waals surface area contributed by atoms with Crippen molar-refractivity contribution >= 4 is 10.0 Å². The molecule has 1 aliphatic heterocycles. The number of rotatable bonds is 5. The molecule has 0 unspecified atom stereocenters. The minimum atomic E-state index is -3.40. The molecule has 25 heavy (non-hydrogen) atoms. The lowest BCUT2D eigenvalue weighted by atomic mass is 9.92. The first-order valence-electron chi connectivity index (χ1n) is 8.90. The topological polar surface area (TPSA) is 46.6 Å². The molecular formula is C20H23NO3S. The first kappa shape index (κ1) is 16.8. The Hall–Kier alpha value is -1.69. The van der Waals surface area contributed by atoms with Crippen LogP contribution >= 0.6 is 0 Å². The van der Waals surface area contributed by atoms with Crippen LogP contribution in [0, 0.1) is 0 Å². The number of hydrogen-bond acceptors (Lipinski definition) is 3. The molecule has 1 saturated heterocycles. The average Bonchev–Trinajstić information content (AvgIpc) is 2.60. The van der Waals surface area contributed by atoms with Gasteiger partial charge in [-0.15, -0.1) is 0 Å². The van der Waals surface area contributed by atoms with Gasteiger partial charge in [0, 0.05) is 13.1 Å². The van der Waals surface area contributed by atoms with E-state index in [-0.39, 0.29) is 6.10 Å². The molecule has 0 radical (unpaired) electrons. The zero-order chi connectivity index (χ0) is 17.3. The fourth-order valence-corrected chi connectivity index (χ4v) is 5.06. The van der Waals surface area contributed by atoms with E-state index in [1.165, 1.54) is 21.9 Å². The molecule has 2 aromatic carbocycles. The predicted molar refractivity (Wildman–Crippen MR) is 96.9 cm³/mol. The summed E-state index contributed by atoms with van der Waals surface area (Å²) < 4.78 is 32.9. The van der Waals surface area contributed by atoms with Gasteiger partial charge in [-0.2, -0.15) is 4.31 Å². The summed E-state index contributed by atoms with van der Waals surface area (Å²) in [7, 11) is -3.40. The summed E-state index contributed by atoms with van der Waals surface area (Å²) in [5.74, 6) is 0. The molecule has 0 atom stereocenters.